The van der Waals surface area contributed by atoms with Gasteiger partial charge in [0.25, 0.3) is 0 Å². The molecule has 2 N–H and O–H groups in total. The van der Waals surface area contributed by atoms with E-state index >= 15 is 0 Å². The second kappa shape index (κ2) is 18.5. The van der Waals surface area contributed by atoms with Crippen LogP contribution in [-0.4, -0.2) is 58.3 Å². The highest BCUT2D eigenvalue weighted by atomic mass is 35.5. The van der Waals surface area contributed by atoms with Gasteiger partial charge in [0.05, 0.1) is 23.2 Å². The number of halogens is 2. The molecule has 2 aliphatic heterocycles. The largest absolute Gasteiger partial charge is 0.489 e. The highest BCUT2D eigenvalue weighted by Crippen LogP contribution is 2.41. The Bertz CT molecular complexity index is 2370. The lowest BCUT2D eigenvalue weighted by Gasteiger charge is -2.37. The number of carboxylic acids is 1. The van der Waals surface area contributed by atoms with Crippen molar-refractivity contribution in [2.24, 2.45) is 5.92 Å². The molecule has 14 heteroatoms. The minimum absolute atomic E-state index is 0.00415. The van der Waals surface area contributed by atoms with Crippen LogP contribution in [0.2, 0.25) is 10.0 Å². The van der Waals surface area contributed by atoms with E-state index in [0.717, 1.165) is 33.5 Å². The average molecular weight is 855 g/mol. The normalized spacial score (nSPS) is 16.1. The first kappa shape index (κ1) is 42.2. The molecule has 0 bridgehead atoms. The van der Waals surface area contributed by atoms with Gasteiger partial charge in [-0.3, -0.25) is 14.7 Å². The van der Waals surface area contributed by atoms with E-state index in [2.05, 4.69) is 10.3 Å². The highest BCUT2D eigenvalue weighted by Gasteiger charge is 2.39. The van der Waals surface area contributed by atoms with Crippen molar-refractivity contribution in [2.75, 3.05) is 13.2 Å². The van der Waals surface area contributed by atoms with E-state index in [-0.39, 0.29) is 38.5 Å². The number of pyridine rings is 1. The van der Waals surface area contributed by atoms with Gasteiger partial charge in [-0.2, -0.15) is 0 Å². The van der Waals surface area contributed by atoms with Crippen molar-refractivity contribution in [1.82, 2.24) is 15.2 Å². The van der Waals surface area contributed by atoms with Gasteiger partial charge < -0.3 is 34.1 Å². The van der Waals surface area contributed by atoms with Crippen LogP contribution < -0.4 is 24.3 Å². The molecule has 12 nitrogen and oxygen atoms in total. The Balaban J connectivity index is 1.03. The van der Waals surface area contributed by atoms with Crippen LogP contribution in [0.3, 0.4) is 0 Å². The molecule has 0 saturated heterocycles. The van der Waals surface area contributed by atoms with Crippen LogP contribution in [0.1, 0.15) is 59.0 Å². The number of rotatable bonds is 13. The molecule has 2 amide bonds. The van der Waals surface area contributed by atoms with Crippen molar-refractivity contribution in [3.8, 4) is 28.7 Å². The number of hydrogen-bond donors (Lipinski definition) is 2. The second-order valence-electron chi connectivity index (χ2n) is 15.3. The molecule has 0 spiro atoms. The number of benzene rings is 4. The lowest BCUT2D eigenvalue weighted by atomic mass is 9.92. The van der Waals surface area contributed by atoms with E-state index in [1.807, 2.05) is 70.2 Å². The van der Waals surface area contributed by atoms with Gasteiger partial charge in [-0.25, -0.2) is 9.59 Å². The topological polar surface area (TPSA) is 146 Å². The number of nitrogens with zero attached hydrogens (tertiary/aromatic N) is 2. The molecule has 60 heavy (non-hydrogen) atoms. The number of hydrogen-bond acceptors (Lipinski definition) is 9. The summed E-state index contributed by atoms with van der Waals surface area (Å²) in [5.74, 6) is 1.15. The Kier molecular flexibility index (Phi) is 13.0. The molecule has 3 atom stereocenters. The summed E-state index contributed by atoms with van der Waals surface area (Å²) in [5.41, 5.74) is 5.74. The van der Waals surface area contributed by atoms with Gasteiger partial charge in [0, 0.05) is 30.3 Å². The molecule has 3 heterocycles. The molecular weight excluding hydrogens is 809 g/mol. The van der Waals surface area contributed by atoms with E-state index < -0.39 is 36.2 Å². The van der Waals surface area contributed by atoms with E-state index in [0.29, 0.717) is 51.0 Å². The Hall–Kier alpha value is -5.98. The summed E-state index contributed by atoms with van der Waals surface area (Å²) >= 11 is 12.2. The maximum Gasteiger partial charge on any atom is 0.410 e. The SMILES string of the molecule is Cc1nccc(Oc2ccc(C[C@H](NC(=O)C3Cc4cc5c(cc4CN3C(=O)OCC(C)C)OC(c3ccc(OCc4ccc(Cl)c(Cl)c4)cc3)CO5)C(=O)O)cc2)c1C. The van der Waals surface area contributed by atoms with Crippen LogP contribution in [0.25, 0.3) is 0 Å². The average Bonchev–Trinajstić information content (AvgIpc) is 3.24. The summed E-state index contributed by atoms with van der Waals surface area (Å²) in [5, 5.41) is 13.8. The molecule has 4 aromatic carbocycles. The zero-order chi connectivity index (χ0) is 42.5. The van der Waals surface area contributed by atoms with Gasteiger partial charge in [0.2, 0.25) is 5.91 Å². The van der Waals surface area contributed by atoms with Crippen molar-refractivity contribution in [3.05, 3.63) is 140 Å². The Labute approximate surface area is 358 Å². The van der Waals surface area contributed by atoms with Crippen molar-refractivity contribution < 1.29 is 43.2 Å². The van der Waals surface area contributed by atoms with E-state index in [4.69, 9.17) is 46.9 Å². The fourth-order valence-corrected chi connectivity index (χ4v) is 7.21. The fraction of sp³-hybridized carbons (Fsp3) is 0.304. The van der Waals surface area contributed by atoms with Crippen LogP contribution in [0, 0.1) is 19.8 Å². The molecule has 7 rings (SSSR count). The zero-order valence-electron chi connectivity index (χ0n) is 33.6. The van der Waals surface area contributed by atoms with E-state index in [1.54, 1.807) is 48.7 Å². The van der Waals surface area contributed by atoms with Crippen molar-refractivity contribution >= 4 is 41.2 Å². The lowest BCUT2D eigenvalue weighted by Crippen LogP contribution is -2.56. The third-order valence-corrected chi connectivity index (χ3v) is 11.1. The van der Waals surface area contributed by atoms with Crippen molar-refractivity contribution in [3.63, 3.8) is 0 Å². The quantitative estimate of drug-likeness (QED) is 0.118. The molecule has 0 fully saturated rings. The first-order chi connectivity index (χ1) is 28.8. The zero-order valence-corrected chi connectivity index (χ0v) is 35.1. The Morgan fingerprint density at radius 2 is 1.62 bits per heavy atom. The number of nitrogens with one attached hydrogen (secondary N) is 1. The molecule has 2 aliphatic rings. The third-order valence-electron chi connectivity index (χ3n) is 10.4. The Morgan fingerprint density at radius 3 is 2.33 bits per heavy atom. The minimum atomic E-state index is -1.27. The molecule has 312 valence electrons. The van der Waals surface area contributed by atoms with Crippen molar-refractivity contribution in [2.45, 2.75) is 71.9 Å². The molecule has 5 aromatic rings. The number of amides is 2. The summed E-state index contributed by atoms with van der Waals surface area (Å²) in [4.78, 5) is 45.7. The predicted molar refractivity (Wildman–Crippen MR) is 225 cm³/mol. The molecule has 0 aliphatic carbocycles. The van der Waals surface area contributed by atoms with Crippen LogP contribution in [0.4, 0.5) is 4.79 Å². The number of carboxylic acid groups (broad SMARTS) is 1. The Morgan fingerprint density at radius 1 is 0.900 bits per heavy atom. The van der Waals surface area contributed by atoms with Gasteiger partial charge in [0.15, 0.2) is 17.6 Å². The lowest BCUT2D eigenvalue weighted by molar-refractivity contribution is -0.142. The molecule has 1 aromatic heterocycles. The predicted octanol–water partition coefficient (Wildman–Crippen LogP) is 9.22. The summed E-state index contributed by atoms with van der Waals surface area (Å²) in [6.07, 6.45) is 0.693. The number of carbonyl (C=O) groups excluding carboxylic acids is 2. The van der Waals surface area contributed by atoms with Crippen LogP contribution in [-0.2, 0) is 40.3 Å². The molecular formula is C46H45Cl2N3O9. The van der Waals surface area contributed by atoms with Gasteiger partial charge in [-0.1, -0.05) is 67.4 Å². The van der Waals surface area contributed by atoms with Crippen LogP contribution in [0.15, 0.2) is 91.1 Å². The number of aliphatic carboxylic acids is 1. The third kappa shape index (κ3) is 10.1. The molecule has 2 unspecified atom stereocenters. The van der Waals surface area contributed by atoms with Gasteiger partial charge in [0.1, 0.15) is 42.5 Å². The second-order valence-corrected chi connectivity index (χ2v) is 16.1. The maximum absolute atomic E-state index is 14.0. The van der Waals surface area contributed by atoms with Crippen LogP contribution >= 0.6 is 23.2 Å². The number of ether oxygens (including phenoxy) is 5. The summed E-state index contributed by atoms with van der Waals surface area (Å²) < 4.78 is 30.2. The molecule has 0 radical (unpaired) electrons. The summed E-state index contributed by atoms with van der Waals surface area (Å²) in [6.45, 7) is 8.40. The number of fused-ring (bicyclic) bond motifs is 2. The first-order valence-electron chi connectivity index (χ1n) is 19.6. The maximum atomic E-state index is 14.0. The fourth-order valence-electron chi connectivity index (χ4n) is 6.89. The van der Waals surface area contributed by atoms with Gasteiger partial charge >= 0.3 is 12.1 Å². The summed E-state index contributed by atoms with van der Waals surface area (Å²) in [7, 11) is 0. The highest BCUT2D eigenvalue weighted by molar-refractivity contribution is 6.42. The molecule has 0 saturated carbocycles. The van der Waals surface area contributed by atoms with Gasteiger partial charge in [-0.15, -0.1) is 0 Å². The number of carbonyl (C=O) groups is 3. The van der Waals surface area contributed by atoms with Crippen LogP contribution in [0.5, 0.6) is 28.7 Å². The monoisotopic (exact) mass is 853 g/mol. The van der Waals surface area contributed by atoms with Crippen molar-refractivity contribution in [1.29, 1.82) is 0 Å². The van der Waals surface area contributed by atoms with Gasteiger partial charge in [-0.05, 0) is 102 Å². The van der Waals surface area contributed by atoms with E-state index in [1.165, 1.54) is 4.90 Å². The first-order valence-corrected chi connectivity index (χ1v) is 20.3. The summed E-state index contributed by atoms with van der Waals surface area (Å²) in [6, 6.07) is 23.0. The minimum Gasteiger partial charge on any atom is -0.489 e. The van der Waals surface area contributed by atoms with E-state index in [9.17, 15) is 19.5 Å². The number of aryl methyl sites for hydroxylation is 1. The standard InChI is InChI=1S/C46H45Cl2N3O9/c1-26(2)23-58-46(55)51-22-33-21-42-41(57-25-43(60-42)31-8-12-34(13-9-31)56-24-30-7-14-36(47)37(48)17-30)20-32(33)19-39(51)44(52)50-38(45(53)54)18-29-5-10-35(11-6-29)59-40-15-16-49-28(4)27(40)3/h5-17,20-21,26,38-39,43H,18-19,22-25H2,1-4H3,(H,50,52)(H,53,54)/t38-,39?,43?/m0/s1. The number of aromatic nitrogens is 1. The smallest absolute Gasteiger partial charge is 0.410 e.